The first-order valence-corrected chi connectivity index (χ1v) is 13.1. The van der Waals surface area contributed by atoms with Crippen LogP contribution in [0.2, 0.25) is 0 Å². The van der Waals surface area contributed by atoms with Gasteiger partial charge in [0.15, 0.2) is 17.2 Å². The van der Waals surface area contributed by atoms with Crippen molar-refractivity contribution in [3.8, 4) is 5.75 Å². The Kier molecular flexibility index (Phi) is 6.07. The topological polar surface area (TPSA) is 132 Å². The summed E-state index contributed by atoms with van der Waals surface area (Å²) in [5, 5.41) is 46.1. The fourth-order valence-electron chi connectivity index (χ4n) is 7.66. The zero-order valence-electron chi connectivity index (χ0n) is 22.9. The van der Waals surface area contributed by atoms with Crippen molar-refractivity contribution in [3.63, 3.8) is 0 Å². The van der Waals surface area contributed by atoms with Crippen LogP contribution in [-0.2, 0) is 27.2 Å². The standard InChI is InChI=1S/C30H38O7/c1-9-16-10-17(13(2)3)18-11-28(7)12-29(8)21(14(4)5)24(33)19(15(6)31)26(35)30(29,37)27(36)22(28)25(34)20(18)23(16)32/h10,13-14,21,32,34-35,37H,9,11-12H2,1-8H3/t21?,28-,29-,30+/m1/s1. The summed E-state index contributed by atoms with van der Waals surface area (Å²) >= 11 is 0. The maximum atomic E-state index is 14.3. The van der Waals surface area contributed by atoms with Crippen LogP contribution in [0.5, 0.6) is 5.75 Å². The molecule has 3 aliphatic carbocycles. The van der Waals surface area contributed by atoms with Gasteiger partial charge in [0.2, 0.25) is 5.78 Å². The first kappa shape index (κ1) is 27.1. The van der Waals surface area contributed by atoms with Crippen LogP contribution in [0.25, 0.3) is 5.76 Å². The minimum absolute atomic E-state index is 0.0779. The summed E-state index contributed by atoms with van der Waals surface area (Å²) in [6.45, 7) is 14.1. The van der Waals surface area contributed by atoms with E-state index in [1.54, 1.807) is 20.8 Å². The summed E-state index contributed by atoms with van der Waals surface area (Å²) in [5.41, 5.74) is -3.18. The van der Waals surface area contributed by atoms with Crippen molar-refractivity contribution in [2.24, 2.45) is 22.7 Å². The number of allylic oxidation sites excluding steroid dienone is 1. The number of fused-ring (bicyclic) bond motifs is 3. The molecule has 0 radical (unpaired) electrons. The van der Waals surface area contributed by atoms with Crippen molar-refractivity contribution in [2.75, 3.05) is 0 Å². The van der Waals surface area contributed by atoms with Gasteiger partial charge in [-0.25, -0.2) is 0 Å². The number of phenols is 1. The molecule has 4 rings (SSSR count). The van der Waals surface area contributed by atoms with Gasteiger partial charge in [-0.1, -0.05) is 54.5 Å². The molecule has 0 bridgehead atoms. The van der Waals surface area contributed by atoms with Crippen molar-refractivity contribution < 1.29 is 34.8 Å². The predicted octanol–water partition coefficient (Wildman–Crippen LogP) is 4.88. The number of hydrogen-bond donors (Lipinski definition) is 4. The molecule has 0 heterocycles. The van der Waals surface area contributed by atoms with E-state index in [0.717, 1.165) is 18.1 Å². The number of aryl methyl sites for hydroxylation is 1. The molecule has 1 saturated carbocycles. The Balaban J connectivity index is 2.12. The minimum atomic E-state index is -2.59. The van der Waals surface area contributed by atoms with Gasteiger partial charge in [-0.15, -0.1) is 0 Å². The van der Waals surface area contributed by atoms with Gasteiger partial charge in [0.1, 0.15) is 22.8 Å². The van der Waals surface area contributed by atoms with Crippen LogP contribution in [-0.4, -0.2) is 43.4 Å². The first-order chi connectivity index (χ1) is 17.0. The Morgan fingerprint density at radius 2 is 1.70 bits per heavy atom. The average Bonchev–Trinajstić information content (AvgIpc) is 2.75. The summed E-state index contributed by atoms with van der Waals surface area (Å²) < 4.78 is 0. The molecule has 0 saturated heterocycles. The molecular formula is C30H38O7. The number of carbonyl (C=O) groups excluding carboxylic acids is 3. The molecule has 37 heavy (non-hydrogen) atoms. The maximum Gasteiger partial charge on any atom is 0.203 e. The van der Waals surface area contributed by atoms with Gasteiger partial charge in [0, 0.05) is 22.3 Å². The van der Waals surface area contributed by atoms with Gasteiger partial charge < -0.3 is 20.4 Å². The highest BCUT2D eigenvalue weighted by molar-refractivity contribution is 6.24. The zero-order valence-corrected chi connectivity index (χ0v) is 22.9. The fraction of sp³-hybridized carbons (Fsp3) is 0.567. The second-order valence-corrected chi connectivity index (χ2v) is 12.3. The summed E-state index contributed by atoms with van der Waals surface area (Å²) in [7, 11) is 0. The van der Waals surface area contributed by atoms with Gasteiger partial charge >= 0.3 is 0 Å². The summed E-state index contributed by atoms with van der Waals surface area (Å²) in [6.07, 6.45) is 0.907. The molecule has 1 aromatic carbocycles. The van der Waals surface area contributed by atoms with Crippen molar-refractivity contribution in [1.29, 1.82) is 0 Å². The molecule has 3 aliphatic rings. The Bertz CT molecular complexity index is 1310. The van der Waals surface area contributed by atoms with Crippen molar-refractivity contribution >= 4 is 23.1 Å². The SMILES string of the molecule is CCc1cc(C(C)C)c2c(c1O)C(O)=C1C(=O)[C@@]3(O)C(O)=C(C(C)=O)C(=O)C(C(C)C)[C@@]3(C)C[C@@]1(C)C2. The molecule has 0 spiro atoms. The number of aromatic hydroxyl groups is 1. The number of ketones is 3. The number of aliphatic hydroxyl groups is 3. The Hall–Kier alpha value is -2.93. The molecule has 4 atom stereocenters. The van der Waals surface area contributed by atoms with Gasteiger partial charge in [-0.2, -0.15) is 0 Å². The van der Waals surface area contributed by atoms with E-state index in [0.29, 0.717) is 18.4 Å². The van der Waals surface area contributed by atoms with Crippen molar-refractivity contribution in [1.82, 2.24) is 0 Å². The molecule has 1 fully saturated rings. The van der Waals surface area contributed by atoms with Crippen molar-refractivity contribution in [2.45, 2.75) is 86.2 Å². The van der Waals surface area contributed by atoms with Gasteiger partial charge in [0.25, 0.3) is 0 Å². The second kappa shape index (κ2) is 8.29. The molecule has 7 heteroatoms. The Morgan fingerprint density at radius 3 is 2.19 bits per heavy atom. The lowest BCUT2D eigenvalue weighted by molar-refractivity contribution is -0.178. The lowest BCUT2D eigenvalue weighted by Gasteiger charge is -2.60. The van der Waals surface area contributed by atoms with E-state index in [4.69, 9.17) is 0 Å². The second-order valence-electron chi connectivity index (χ2n) is 12.3. The summed E-state index contributed by atoms with van der Waals surface area (Å²) in [6, 6.07) is 1.94. The highest BCUT2D eigenvalue weighted by Gasteiger charge is 2.72. The van der Waals surface area contributed by atoms with Crippen LogP contribution < -0.4 is 0 Å². The molecule has 4 N–H and O–H groups in total. The van der Waals surface area contributed by atoms with E-state index in [1.165, 1.54) is 0 Å². The third-order valence-corrected chi connectivity index (χ3v) is 9.12. The Morgan fingerprint density at radius 1 is 1.11 bits per heavy atom. The number of aliphatic hydroxyl groups excluding tert-OH is 2. The Labute approximate surface area is 217 Å². The van der Waals surface area contributed by atoms with Crippen LogP contribution in [0.1, 0.15) is 90.0 Å². The van der Waals surface area contributed by atoms with Crippen LogP contribution in [0, 0.1) is 22.7 Å². The lowest BCUT2D eigenvalue weighted by atomic mass is 9.43. The lowest BCUT2D eigenvalue weighted by Crippen LogP contribution is -2.69. The number of carbonyl (C=O) groups is 3. The van der Waals surface area contributed by atoms with E-state index in [1.807, 2.05) is 33.8 Å². The smallest absolute Gasteiger partial charge is 0.203 e. The number of phenolic OH excluding ortho intramolecular Hbond substituents is 1. The average molecular weight is 511 g/mol. The molecule has 7 nitrogen and oxygen atoms in total. The third-order valence-electron chi connectivity index (χ3n) is 9.12. The van der Waals surface area contributed by atoms with E-state index in [2.05, 4.69) is 0 Å². The number of Topliss-reactive ketones (excluding diaryl/α,β-unsaturated/α-hetero) is 3. The van der Waals surface area contributed by atoms with Gasteiger partial charge in [-0.3, -0.25) is 14.4 Å². The highest BCUT2D eigenvalue weighted by Crippen LogP contribution is 2.65. The summed E-state index contributed by atoms with van der Waals surface area (Å²) in [4.78, 5) is 40.3. The van der Waals surface area contributed by atoms with Crippen LogP contribution in [0.3, 0.4) is 0 Å². The van der Waals surface area contributed by atoms with Gasteiger partial charge in [-0.05, 0) is 54.7 Å². The van der Waals surface area contributed by atoms with Crippen LogP contribution in [0.4, 0.5) is 0 Å². The highest BCUT2D eigenvalue weighted by atomic mass is 16.3. The molecule has 1 unspecified atom stereocenters. The third kappa shape index (κ3) is 3.25. The molecule has 1 aromatic rings. The molecule has 0 amide bonds. The van der Waals surface area contributed by atoms with Crippen LogP contribution >= 0.6 is 0 Å². The quantitative estimate of drug-likeness (QED) is 0.425. The number of hydrogen-bond acceptors (Lipinski definition) is 7. The number of benzene rings is 1. The van der Waals surface area contributed by atoms with E-state index < -0.39 is 56.8 Å². The maximum absolute atomic E-state index is 14.3. The largest absolute Gasteiger partial charge is 0.508 e. The first-order valence-electron chi connectivity index (χ1n) is 13.1. The van der Waals surface area contributed by atoms with Crippen molar-refractivity contribution in [3.05, 3.63) is 45.2 Å². The fourth-order valence-corrected chi connectivity index (χ4v) is 7.66. The van der Waals surface area contributed by atoms with E-state index in [-0.39, 0.29) is 35.1 Å². The van der Waals surface area contributed by atoms with Crippen LogP contribution in [0.15, 0.2) is 23.0 Å². The minimum Gasteiger partial charge on any atom is -0.508 e. The molecule has 200 valence electrons. The van der Waals surface area contributed by atoms with Gasteiger partial charge in [0.05, 0.1) is 5.56 Å². The normalized spacial score (nSPS) is 31.6. The molecule has 0 aromatic heterocycles. The summed E-state index contributed by atoms with van der Waals surface area (Å²) in [5.74, 6) is -4.91. The monoisotopic (exact) mass is 510 g/mol. The van der Waals surface area contributed by atoms with E-state index in [9.17, 15) is 34.8 Å². The van der Waals surface area contributed by atoms with E-state index >= 15 is 0 Å². The zero-order chi connectivity index (χ0) is 28.0. The predicted molar refractivity (Wildman–Crippen MR) is 139 cm³/mol. The molecule has 0 aliphatic heterocycles. The number of rotatable bonds is 4. The molecular weight excluding hydrogens is 472 g/mol.